The first-order valence-electron chi connectivity index (χ1n) is 7.98. The number of methoxy groups -OCH3 is 1. The number of rotatable bonds is 4. The summed E-state index contributed by atoms with van der Waals surface area (Å²) < 4.78 is 10.1. The number of hydrogen-bond acceptors (Lipinski definition) is 6. The van der Waals surface area contributed by atoms with Gasteiger partial charge in [-0.25, -0.2) is 9.59 Å². The van der Waals surface area contributed by atoms with E-state index in [0.29, 0.717) is 17.1 Å². The second-order valence-corrected chi connectivity index (χ2v) is 6.67. The first-order valence-corrected chi connectivity index (χ1v) is 8.80. The molecule has 25 heavy (non-hydrogen) atoms. The van der Waals surface area contributed by atoms with Crippen LogP contribution in [0.3, 0.4) is 0 Å². The van der Waals surface area contributed by atoms with Gasteiger partial charge in [0.05, 0.1) is 24.3 Å². The number of nitrogens with one attached hydrogen (secondary N) is 1. The molecule has 0 radical (unpaired) electrons. The summed E-state index contributed by atoms with van der Waals surface area (Å²) in [7, 11) is 1.37. The topological polar surface area (TPSA) is 64.6 Å². The maximum absolute atomic E-state index is 12.4. The molecule has 1 N–H and O–H groups in total. The number of fused-ring (bicyclic) bond motifs is 1. The van der Waals surface area contributed by atoms with Crippen LogP contribution in [0.15, 0.2) is 47.7 Å². The first kappa shape index (κ1) is 17.2. The Morgan fingerprint density at radius 3 is 2.56 bits per heavy atom. The Morgan fingerprint density at radius 1 is 1.20 bits per heavy atom. The lowest BCUT2D eigenvalue weighted by Crippen LogP contribution is -2.22. The van der Waals surface area contributed by atoms with Gasteiger partial charge in [-0.3, -0.25) is 0 Å². The summed E-state index contributed by atoms with van der Waals surface area (Å²) >= 11 is 1.33. The highest BCUT2D eigenvalue weighted by atomic mass is 32.1. The molecule has 1 aliphatic rings. The SMILES string of the molecule is CCOC(=O)c1cc2c(s1)NC(C)=C(C(=O)OC)C2c1ccccc1. The van der Waals surface area contributed by atoms with E-state index in [-0.39, 0.29) is 17.9 Å². The molecule has 0 saturated carbocycles. The van der Waals surface area contributed by atoms with Crippen LogP contribution in [-0.4, -0.2) is 25.7 Å². The van der Waals surface area contributed by atoms with Gasteiger partial charge < -0.3 is 14.8 Å². The van der Waals surface area contributed by atoms with Crippen LogP contribution >= 0.6 is 11.3 Å². The molecule has 1 atom stereocenters. The third kappa shape index (κ3) is 3.17. The Balaban J connectivity index is 2.13. The smallest absolute Gasteiger partial charge is 0.348 e. The van der Waals surface area contributed by atoms with E-state index < -0.39 is 0 Å². The minimum Gasteiger partial charge on any atom is -0.466 e. The average molecular weight is 357 g/mol. The molecule has 2 aromatic rings. The summed E-state index contributed by atoms with van der Waals surface area (Å²) in [6.45, 7) is 3.94. The minimum atomic E-state index is -0.381. The predicted molar refractivity (Wildman–Crippen MR) is 96.9 cm³/mol. The lowest BCUT2D eigenvalue weighted by Gasteiger charge is -2.27. The number of carbonyl (C=O) groups is 2. The van der Waals surface area contributed by atoms with E-state index in [2.05, 4.69) is 5.32 Å². The molecule has 1 unspecified atom stereocenters. The molecule has 3 rings (SSSR count). The van der Waals surface area contributed by atoms with Gasteiger partial charge in [0.1, 0.15) is 4.88 Å². The molecule has 6 heteroatoms. The number of ether oxygens (including phenoxy) is 2. The maximum Gasteiger partial charge on any atom is 0.348 e. The second kappa shape index (κ2) is 7.11. The fourth-order valence-corrected chi connectivity index (χ4v) is 4.05. The second-order valence-electron chi connectivity index (χ2n) is 5.61. The van der Waals surface area contributed by atoms with Crippen LogP contribution < -0.4 is 5.32 Å². The summed E-state index contributed by atoms with van der Waals surface area (Å²) in [5.74, 6) is -1.02. The summed E-state index contributed by atoms with van der Waals surface area (Å²) in [4.78, 5) is 25.0. The van der Waals surface area contributed by atoms with Crippen molar-refractivity contribution in [3.05, 3.63) is 63.7 Å². The van der Waals surface area contributed by atoms with E-state index in [9.17, 15) is 9.59 Å². The van der Waals surface area contributed by atoms with Crippen molar-refractivity contribution < 1.29 is 19.1 Å². The van der Waals surface area contributed by atoms with Crippen molar-refractivity contribution in [1.82, 2.24) is 0 Å². The number of thiophene rings is 1. The van der Waals surface area contributed by atoms with Crippen LogP contribution in [0.2, 0.25) is 0 Å². The molecular weight excluding hydrogens is 338 g/mol. The van der Waals surface area contributed by atoms with Crippen LogP contribution in [0, 0.1) is 0 Å². The van der Waals surface area contributed by atoms with Gasteiger partial charge >= 0.3 is 11.9 Å². The molecule has 1 aliphatic heterocycles. The Kier molecular flexibility index (Phi) is 4.90. The summed E-state index contributed by atoms with van der Waals surface area (Å²) in [6.07, 6.45) is 0. The largest absolute Gasteiger partial charge is 0.466 e. The first-order chi connectivity index (χ1) is 12.1. The van der Waals surface area contributed by atoms with E-state index in [4.69, 9.17) is 9.47 Å². The average Bonchev–Trinajstić information content (AvgIpc) is 3.04. The van der Waals surface area contributed by atoms with Gasteiger partial charge in [0, 0.05) is 11.6 Å². The highest BCUT2D eigenvalue weighted by Gasteiger charge is 2.35. The van der Waals surface area contributed by atoms with Crippen molar-refractivity contribution in [3.8, 4) is 0 Å². The quantitative estimate of drug-likeness (QED) is 0.840. The lowest BCUT2D eigenvalue weighted by molar-refractivity contribution is -0.136. The fraction of sp³-hybridized carbons (Fsp3) is 0.263. The predicted octanol–water partition coefficient (Wildman–Crippen LogP) is 3.93. The molecule has 1 aromatic carbocycles. The molecule has 0 bridgehead atoms. The molecular formula is C19H19NO4S. The van der Waals surface area contributed by atoms with Crippen molar-refractivity contribution in [2.24, 2.45) is 0 Å². The number of benzene rings is 1. The van der Waals surface area contributed by atoms with Crippen molar-refractivity contribution >= 4 is 28.3 Å². The fourth-order valence-electron chi connectivity index (χ4n) is 3.00. The molecule has 0 aliphatic carbocycles. The van der Waals surface area contributed by atoms with Crippen LogP contribution in [0.25, 0.3) is 0 Å². The molecule has 1 aromatic heterocycles. The molecule has 5 nitrogen and oxygen atoms in total. The van der Waals surface area contributed by atoms with Gasteiger partial charge in [-0.05, 0) is 31.0 Å². The van der Waals surface area contributed by atoms with Crippen molar-refractivity contribution in [2.75, 3.05) is 19.0 Å². The van der Waals surface area contributed by atoms with E-state index in [1.165, 1.54) is 18.4 Å². The third-order valence-corrected chi connectivity index (χ3v) is 5.13. The van der Waals surface area contributed by atoms with Gasteiger partial charge in [0.25, 0.3) is 0 Å². The number of anilines is 1. The zero-order chi connectivity index (χ0) is 18.0. The van der Waals surface area contributed by atoms with Crippen molar-refractivity contribution in [1.29, 1.82) is 0 Å². The molecule has 0 saturated heterocycles. The molecule has 0 fully saturated rings. The standard InChI is InChI=1S/C19H19NO4S/c1-4-24-18(21)14-10-13-16(12-8-6-5-7-9-12)15(19(22)23-3)11(2)20-17(13)25-14/h5-10,16,20H,4H2,1-3H3. The van der Waals surface area contributed by atoms with Crippen molar-refractivity contribution in [3.63, 3.8) is 0 Å². The van der Waals surface area contributed by atoms with Gasteiger partial charge in [-0.2, -0.15) is 0 Å². The summed E-state index contributed by atoms with van der Waals surface area (Å²) in [5, 5.41) is 4.08. The zero-order valence-electron chi connectivity index (χ0n) is 14.3. The Morgan fingerprint density at radius 2 is 1.92 bits per heavy atom. The molecule has 130 valence electrons. The number of esters is 2. The Labute approximate surface area is 150 Å². The van der Waals surface area contributed by atoms with Gasteiger partial charge in [-0.15, -0.1) is 11.3 Å². The number of carbonyl (C=O) groups excluding carboxylic acids is 2. The maximum atomic E-state index is 12.4. The molecule has 2 heterocycles. The van der Waals surface area contributed by atoms with E-state index in [1.54, 1.807) is 13.0 Å². The van der Waals surface area contributed by atoms with Crippen LogP contribution in [-0.2, 0) is 14.3 Å². The highest BCUT2D eigenvalue weighted by Crippen LogP contribution is 2.46. The minimum absolute atomic E-state index is 0.288. The van der Waals surface area contributed by atoms with Gasteiger partial charge in [0.2, 0.25) is 0 Å². The highest BCUT2D eigenvalue weighted by molar-refractivity contribution is 7.18. The van der Waals surface area contributed by atoms with Crippen LogP contribution in [0.5, 0.6) is 0 Å². The van der Waals surface area contributed by atoms with E-state index >= 15 is 0 Å². The zero-order valence-corrected chi connectivity index (χ0v) is 15.1. The van der Waals surface area contributed by atoms with Crippen molar-refractivity contribution in [2.45, 2.75) is 19.8 Å². The summed E-state index contributed by atoms with van der Waals surface area (Å²) in [6, 6.07) is 11.5. The Hall–Kier alpha value is -2.60. The van der Waals surface area contributed by atoms with Gasteiger partial charge in [-0.1, -0.05) is 30.3 Å². The normalized spacial score (nSPS) is 16.0. The lowest BCUT2D eigenvalue weighted by atomic mass is 9.83. The van der Waals surface area contributed by atoms with Gasteiger partial charge in [0.15, 0.2) is 0 Å². The molecule has 0 amide bonds. The van der Waals surface area contributed by atoms with Crippen LogP contribution in [0.1, 0.15) is 40.6 Å². The summed E-state index contributed by atoms with van der Waals surface area (Å²) in [5.41, 5.74) is 3.13. The number of hydrogen-bond donors (Lipinski definition) is 1. The van der Waals surface area contributed by atoms with E-state index in [0.717, 1.165) is 21.8 Å². The third-order valence-electron chi connectivity index (χ3n) is 4.08. The molecule has 0 spiro atoms. The monoisotopic (exact) mass is 357 g/mol. The number of allylic oxidation sites excluding steroid dienone is 1. The van der Waals surface area contributed by atoms with E-state index in [1.807, 2.05) is 37.3 Å². The Bertz CT molecular complexity index is 838. The van der Waals surface area contributed by atoms with Crippen LogP contribution in [0.4, 0.5) is 5.00 Å².